The van der Waals surface area contributed by atoms with Gasteiger partial charge < -0.3 is 19.1 Å². The summed E-state index contributed by atoms with van der Waals surface area (Å²) < 4.78 is 17.3. The molecular formula is C17H26BrN3O4. The van der Waals surface area contributed by atoms with E-state index in [1.807, 2.05) is 20.8 Å². The summed E-state index contributed by atoms with van der Waals surface area (Å²) in [5.74, 6) is 0.451. The van der Waals surface area contributed by atoms with E-state index >= 15 is 0 Å². The van der Waals surface area contributed by atoms with Gasteiger partial charge in [-0.25, -0.2) is 14.8 Å². The van der Waals surface area contributed by atoms with Crippen LogP contribution in [0.25, 0.3) is 0 Å². The SMILES string of the molecule is COCC1CN(C(=O)OC(C)(C)C)CCC1COc1ncc(Br)cn1. The molecular weight excluding hydrogens is 390 g/mol. The molecule has 2 heterocycles. The van der Waals surface area contributed by atoms with E-state index in [1.165, 1.54) is 0 Å². The Morgan fingerprint density at radius 2 is 1.96 bits per heavy atom. The van der Waals surface area contributed by atoms with E-state index < -0.39 is 5.60 Å². The third-order valence-corrected chi connectivity index (χ3v) is 4.36. The number of hydrogen-bond acceptors (Lipinski definition) is 6. The number of likely N-dealkylation sites (tertiary alicyclic amines) is 1. The highest BCUT2D eigenvalue weighted by molar-refractivity contribution is 9.10. The summed E-state index contributed by atoms with van der Waals surface area (Å²) in [6.45, 7) is 7.91. The molecule has 1 aromatic heterocycles. The zero-order valence-corrected chi connectivity index (χ0v) is 16.8. The maximum atomic E-state index is 12.3. The number of piperidine rings is 1. The van der Waals surface area contributed by atoms with Crippen LogP contribution < -0.4 is 4.74 Å². The van der Waals surface area contributed by atoms with Gasteiger partial charge >= 0.3 is 12.1 Å². The Kier molecular flexibility index (Phi) is 7.01. The van der Waals surface area contributed by atoms with E-state index in [0.717, 1.165) is 10.9 Å². The van der Waals surface area contributed by atoms with Gasteiger partial charge in [0, 0.05) is 44.4 Å². The minimum atomic E-state index is -0.493. The first-order chi connectivity index (χ1) is 11.8. The standard InChI is InChI=1S/C17H26BrN3O4/c1-17(2,3)25-16(22)21-6-5-12(13(9-21)10-23-4)11-24-15-19-7-14(18)8-20-15/h7-8,12-13H,5-6,9-11H2,1-4H3. The number of rotatable bonds is 5. The zero-order valence-electron chi connectivity index (χ0n) is 15.2. The van der Waals surface area contributed by atoms with Crippen molar-refractivity contribution in [2.75, 3.05) is 33.4 Å². The Morgan fingerprint density at radius 1 is 1.28 bits per heavy atom. The van der Waals surface area contributed by atoms with Crippen molar-refractivity contribution in [2.45, 2.75) is 32.8 Å². The van der Waals surface area contributed by atoms with Crippen LogP contribution >= 0.6 is 15.9 Å². The minimum absolute atomic E-state index is 0.182. The fraction of sp³-hybridized carbons (Fsp3) is 0.706. The van der Waals surface area contributed by atoms with Gasteiger partial charge in [-0.05, 0) is 43.1 Å². The third-order valence-electron chi connectivity index (χ3n) is 3.95. The molecule has 25 heavy (non-hydrogen) atoms. The maximum absolute atomic E-state index is 12.3. The van der Waals surface area contributed by atoms with Gasteiger partial charge in [0.1, 0.15) is 5.60 Å². The highest BCUT2D eigenvalue weighted by Gasteiger charge is 2.34. The molecule has 0 saturated carbocycles. The average molecular weight is 416 g/mol. The van der Waals surface area contributed by atoms with Crippen molar-refractivity contribution < 1.29 is 19.0 Å². The number of carbonyl (C=O) groups excluding carboxylic acids is 1. The molecule has 1 aliphatic heterocycles. The molecule has 0 spiro atoms. The molecule has 140 valence electrons. The minimum Gasteiger partial charge on any atom is -0.463 e. The molecule has 2 atom stereocenters. The number of hydrogen-bond donors (Lipinski definition) is 0. The molecule has 7 nitrogen and oxygen atoms in total. The van der Waals surface area contributed by atoms with Crippen LogP contribution in [0.5, 0.6) is 6.01 Å². The zero-order chi connectivity index (χ0) is 18.4. The lowest BCUT2D eigenvalue weighted by Crippen LogP contribution is -2.48. The lowest BCUT2D eigenvalue weighted by molar-refractivity contribution is -0.00645. The molecule has 0 N–H and O–H groups in total. The Labute approximate surface area is 157 Å². The number of aromatic nitrogens is 2. The molecule has 0 aromatic carbocycles. The molecule has 0 aliphatic carbocycles. The van der Waals surface area contributed by atoms with Gasteiger partial charge in [0.25, 0.3) is 0 Å². The van der Waals surface area contributed by atoms with Crippen molar-refractivity contribution >= 4 is 22.0 Å². The van der Waals surface area contributed by atoms with Crippen molar-refractivity contribution in [1.29, 1.82) is 0 Å². The van der Waals surface area contributed by atoms with Crippen molar-refractivity contribution in [1.82, 2.24) is 14.9 Å². The number of amides is 1. The first kappa shape index (κ1) is 19.9. The van der Waals surface area contributed by atoms with E-state index in [1.54, 1.807) is 24.4 Å². The molecule has 8 heteroatoms. The van der Waals surface area contributed by atoms with Crippen molar-refractivity contribution in [2.24, 2.45) is 11.8 Å². The second-order valence-electron chi connectivity index (χ2n) is 7.19. The van der Waals surface area contributed by atoms with Crippen LogP contribution in [0.15, 0.2) is 16.9 Å². The van der Waals surface area contributed by atoms with Crippen molar-refractivity contribution in [3.05, 3.63) is 16.9 Å². The predicted octanol–water partition coefficient (Wildman–Crippen LogP) is 3.14. The average Bonchev–Trinajstić information content (AvgIpc) is 2.54. The molecule has 0 radical (unpaired) electrons. The third kappa shape index (κ3) is 6.43. The normalized spacial score (nSPS) is 21.1. The Hall–Kier alpha value is -1.41. The molecule has 0 bridgehead atoms. The summed E-state index contributed by atoms with van der Waals surface area (Å²) >= 11 is 3.30. The van der Waals surface area contributed by atoms with Gasteiger partial charge in [-0.2, -0.15) is 0 Å². The number of carbonyl (C=O) groups is 1. The number of methoxy groups -OCH3 is 1. The van der Waals surface area contributed by atoms with Crippen LogP contribution in [0.4, 0.5) is 4.79 Å². The monoisotopic (exact) mass is 415 g/mol. The number of halogens is 1. The second-order valence-corrected chi connectivity index (χ2v) is 8.10. The fourth-order valence-corrected chi connectivity index (χ4v) is 2.96. The van der Waals surface area contributed by atoms with E-state index in [2.05, 4.69) is 25.9 Å². The maximum Gasteiger partial charge on any atom is 0.410 e. The first-order valence-corrected chi connectivity index (χ1v) is 9.15. The summed E-state index contributed by atoms with van der Waals surface area (Å²) in [5, 5.41) is 0. The van der Waals surface area contributed by atoms with Gasteiger partial charge in [0.05, 0.1) is 17.7 Å². The number of ether oxygens (including phenoxy) is 3. The quantitative estimate of drug-likeness (QED) is 0.735. The highest BCUT2D eigenvalue weighted by atomic mass is 79.9. The second kappa shape index (κ2) is 8.80. The van der Waals surface area contributed by atoms with Crippen LogP contribution in [0.3, 0.4) is 0 Å². The predicted molar refractivity (Wildman–Crippen MR) is 96.5 cm³/mol. The summed E-state index contributed by atoms with van der Waals surface area (Å²) in [7, 11) is 1.67. The summed E-state index contributed by atoms with van der Waals surface area (Å²) in [4.78, 5) is 22.3. The van der Waals surface area contributed by atoms with E-state index in [9.17, 15) is 4.79 Å². The van der Waals surface area contributed by atoms with Crippen molar-refractivity contribution in [3.8, 4) is 6.01 Å². The van der Waals surface area contributed by atoms with Gasteiger partial charge in [-0.1, -0.05) is 0 Å². The first-order valence-electron chi connectivity index (χ1n) is 8.35. The van der Waals surface area contributed by atoms with Crippen LogP contribution in [0.1, 0.15) is 27.2 Å². The fourth-order valence-electron chi connectivity index (χ4n) is 2.75. The largest absolute Gasteiger partial charge is 0.463 e. The lowest BCUT2D eigenvalue weighted by Gasteiger charge is -2.38. The Balaban J connectivity index is 1.92. The molecule has 1 fully saturated rings. The Morgan fingerprint density at radius 3 is 2.56 bits per heavy atom. The molecule has 1 saturated heterocycles. The van der Waals surface area contributed by atoms with Crippen LogP contribution in [-0.2, 0) is 9.47 Å². The summed E-state index contributed by atoms with van der Waals surface area (Å²) in [6, 6.07) is 0.355. The highest BCUT2D eigenvalue weighted by Crippen LogP contribution is 2.26. The van der Waals surface area contributed by atoms with Gasteiger partial charge in [-0.3, -0.25) is 0 Å². The number of nitrogens with zero attached hydrogens (tertiary/aromatic N) is 3. The van der Waals surface area contributed by atoms with Crippen LogP contribution in [0.2, 0.25) is 0 Å². The topological polar surface area (TPSA) is 73.8 Å². The molecule has 1 amide bonds. The van der Waals surface area contributed by atoms with Crippen molar-refractivity contribution in [3.63, 3.8) is 0 Å². The Bertz CT molecular complexity index is 562. The smallest absolute Gasteiger partial charge is 0.410 e. The van der Waals surface area contributed by atoms with Gasteiger partial charge in [0.15, 0.2) is 0 Å². The summed E-state index contributed by atoms with van der Waals surface area (Å²) in [6.07, 6.45) is 3.86. The van der Waals surface area contributed by atoms with Gasteiger partial charge in [-0.15, -0.1) is 0 Å². The van der Waals surface area contributed by atoms with E-state index in [4.69, 9.17) is 14.2 Å². The molecule has 1 aliphatic rings. The molecule has 1 aromatic rings. The molecule has 2 unspecified atom stereocenters. The van der Waals surface area contributed by atoms with Crippen LogP contribution in [0, 0.1) is 11.8 Å². The van der Waals surface area contributed by atoms with Crippen LogP contribution in [-0.4, -0.2) is 60.0 Å². The van der Waals surface area contributed by atoms with E-state index in [-0.39, 0.29) is 17.9 Å². The van der Waals surface area contributed by atoms with Gasteiger partial charge in [0.2, 0.25) is 0 Å². The lowest BCUT2D eigenvalue weighted by atomic mass is 9.87. The van der Waals surface area contributed by atoms with E-state index in [0.29, 0.717) is 32.3 Å². The summed E-state index contributed by atoms with van der Waals surface area (Å²) in [5.41, 5.74) is -0.493. The molecule has 2 rings (SSSR count).